The van der Waals surface area contributed by atoms with Crippen LogP contribution in [0.15, 0.2) is 52.4 Å². The molecular weight excluding hydrogens is 388 g/mol. The van der Waals surface area contributed by atoms with E-state index in [0.29, 0.717) is 25.1 Å². The number of carbonyl (C=O) groups is 1. The van der Waals surface area contributed by atoms with Gasteiger partial charge in [0.2, 0.25) is 11.8 Å². The molecule has 1 amide bonds. The predicted molar refractivity (Wildman–Crippen MR) is 114 cm³/mol. The zero-order valence-corrected chi connectivity index (χ0v) is 16.9. The Bertz CT molecular complexity index is 1240. The number of aromatic nitrogens is 2. The highest BCUT2D eigenvalue weighted by atomic mass is 32.1. The molecule has 2 heterocycles. The first kappa shape index (κ1) is 20.5. The Kier molecular flexibility index (Phi) is 6.23. The summed E-state index contributed by atoms with van der Waals surface area (Å²) in [6.45, 7) is 6.15. The molecule has 0 radical (unpaired) electrons. The molecule has 3 N–H and O–H groups in total. The highest BCUT2D eigenvalue weighted by molar-refractivity contribution is 7.71. The maximum Gasteiger partial charge on any atom is 0.262 e. The van der Waals surface area contributed by atoms with Crippen LogP contribution in [0, 0.1) is 4.77 Å². The van der Waals surface area contributed by atoms with Crippen LogP contribution in [-0.4, -0.2) is 27.1 Å². The van der Waals surface area contributed by atoms with Gasteiger partial charge in [-0.1, -0.05) is 31.2 Å². The van der Waals surface area contributed by atoms with E-state index in [1.165, 1.54) is 4.57 Å². The number of aromatic amines is 1. The second kappa shape index (κ2) is 8.83. The van der Waals surface area contributed by atoms with Crippen molar-refractivity contribution in [2.75, 3.05) is 6.54 Å². The standard InChI is InChI=1S/C21H22N4O3S/c1-3-11-25-20(28)15(19(27)24-21(25)29)12-17-14(9-10-22-18(26)4-2)13-7-5-6-8-16(13)23-17/h3,5-8,12,28H,1,4,9-11H2,2H3,(H,22,26)(H,24,27,29). The minimum Gasteiger partial charge on any atom is -0.494 e. The highest BCUT2D eigenvalue weighted by Crippen LogP contribution is 2.23. The summed E-state index contributed by atoms with van der Waals surface area (Å²) in [5.74, 6) is -0.268. The van der Waals surface area contributed by atoms with E-state index < -0.39 is 5.56 Å². The summed E-state index contributed by atoms with van der Waals surface area (Å²) >= 11 is 5.12. The summed E-state index contributed by atoms with van der Waals surface area (Å²) in [4.78, 5) is 31.2. The van der Waals surface area contributed by atoms with Gasteiger partial charge < -0.3 is 10.4 Å². The van der Waals surface area contributed by atoms with Crippen molar-refractivity contribution in [3.63, 3.8) is 0 Å². The lowest BCUT2D eigenvalue weighted by molar-refractivity contribution is -0.120. The molecule has 1 aliphatic heterocycles. The van der Waals surface area contributed by atoms with E-state index in [9.17, 15) is 14.7 Å². The fourth-order valence-corrected chi connectivity index (χ4v) is 3.39. The minimum absolute atomic E-state index is 0.0278. The molecule has 2 aromatic rings. The Morgan fingerprint density at radius 3 is 2.90 bits per heavy atom. The third-order valence-corrected chi connectivity index (χ3v) is 4.92. The second-order valence-electron chi connectivity index (χ2n) is 6.49. The largest absolute Gasteiger partial charge is 0.494 e. The van der Waals surface area contributed by atoms with Crippen molar-refractivity contribution in [2.45, 2.75) is 26.3 Å². The van der Waals surface area contributed by atoms with Gasteiger partial charge in [-0.25, -0.2) is 4.99 Å². The van der Waals surface area contributed by atoms with Crippen LogP contribution >= 0.6 is 12.2 Å². The molecular formula is C21H22N4O3S. The first-order chi connectivity index (χ1) is 14.0. The molecule has 0 saturated heterocycles. The Hall–Kier alpha value is -3.26. The zero-order valence-electron chi connectivity index (χ0n) is 16.1. The minimum atomic E-state index is -0.495. The van der Waals surface area contributed by atoms with Gasteiger partial charge in [0.25, 0.3) is 5.56 Å². The maximum atomic E-state index is 12.5. The van der Waals surface area contributed by atoms with Gasteiger partial charge in [-0.2, -0.15) is 0 Å². The van der Waals surface area contributed by atoms with Gasteiger partial charge in [0.15, 0.2) is 4.77 Å². The van der Waals surface area contributed by atoms with Gasteiger partial charge in [-0.15, -0.1) is 6.58 Å². The Morgan fingerprint density at radius 1 is 1.41 bits per heavy atom. The molecule has 0 fully saturated rings. The van der Waals surface area contributed by atoms with Gasteiger partial charge in [0.1, 0.15) is 5.56 Å². The van der Waals surface area contributed by atoms with Crippen molar-refractivity contribution in [3.05, 3.63) is 73.9 Å². The smallest absolute Gasteiger partial charge is 0.262 e. The summed E-state index contributed by atoms with van der Waals surface area (Å²) in [6.07, 6.45) is 4.09. The van der Waals surface area contributed by atoms with Crippen LogP contribution in [0.2, 0.25) is 0 Å². The van der Waals surface area contributed by atoms with E-state index in [1.807, 2.05) is 24.3 Å². The summed E-state index contributed by atoms with van der Waals surface area (Å²) in [5, 5.41) is 15.2. The van der Waals surface area contributed by atoms with Gasteiger partial charge in [-0.05, 0) is 36.4 Å². The van der Waals surface area contributed by atoms with Crippen LogP contribution in [0.4, 0.5) is 0 Å². The fraction of sp³-hybridized carbons (Fsp3) is 0.238. The van der Waals surface area contributed by atoms with Crippen LogP contribution in [-0.2, 0) is 11.3 Å². The van der Waals surface area contributed by atoms with Crippen molar-refractivity contribution in [3.8, 4) is 5.88 Å². The van der Waals surface area contributed by atoms with Gasteiger partial charge in [0.05, 0.1) is 11.1 Å². The number of amides is 1. The van der Waals surface area contributed by atoms with Crippen molar-refractivity contribution >= 4 is 29.8 Å². The number of hydrogen-bond donors (Lipinski definition) is 3. The maximum absolute atomic E-state index is 12.5. The van der Waals surface area contributed by atoms with Gasteiger partial charge in [0, 0.05) is 24.7 Å². The lowest BCUT2D eigenvalue weighted by Gasteiger charge is -2.10. The van der Waals surface area contributed by atoms with Crippen LogP contribution in [0.1, 0.15) is 25.3 Å². The first-order valence-electron chi connectivity index (χ1n) is 9.29. The molecule has 3 rings (SSSR count). The Morgan fingerprint density at radius 2 is 2.17 bits per heavy atom. The molecule has 1 aliphatic rings. The zero-order chi connectivity index (χ0) is 21.0. The van der Waals surface area contributed by atoms with Crippen molar-refractivity contribution < 1.29 is 9.90 Å². The number of carbonyl (C=O) groups excluding carboxylic acids is 1. The van der Waals surface area contributed by atoms with Crippen molar-refractivity contribution in [1.82, 2.24) is 14.9 Å². The highest BCUT2D eigenvalue weighted by Gasteiger charge is 2.17. The van der Waals surface area contributed by atoms with Crippen LogP contribution in [0.25, 0.3) is 11.6 Å². The lowest BCUT2D eigenvalue weighted by atomic mass is 10.1. The number of para-hydroxylation sites is 1. The number of H-pyrrole nitrogens is 1. The number of nitrogens with zero attached hydrogens (tertiary/aromatic N) is 2. The molecule has 29 heavy (non-hydrogen) atoms. The molecule has 0 saturated carbocycles. The average Bonchev–Trinajstić information content (AvgIpc) is 3.05. The van der Waals surface area contributed by atoms with E-state index in [2.05, 4.69) is 21.9 Å². The molecule has 0 aliphatic carbocycles. The number of fused-ring (bicyclic) bond motifs is 1. The van der Waals surface area contributed by atoms with Crippen LogP contribution in [0.5, 0.6) is 5.88 Å². The summed E-state index contributed by atoms with van der Waals surface area (Å²) in [7, 11) is 0. The summed E-state index contributed by atoms with van der Waals surface area (Å²) in [5.41, 5.74) is 1.04. The molecule has 0 unspecified atom stereocenters. The van der Waals surface area contributed by atoms with E-state index in [0.717, 1.165) is 16.1 Å². The Labute approximate surface area is 172 Å². The van der Waals surface area contributed by atoms with E-state index in [4.69, 9.17) is 12.2 Å². The third-order valence-electron chi connectivity index (χ3n) is 4.60. The molecule has 0 atom stereocenters. The number of rotatable bonds is 7. The van der Waals surface area contributed by atoms with Crippen molar-refractivity contribution in [2.24, 2.45) is 4.99 Å². The molecule has 0 bridgehead atoms. The molecule has 150 valence electrons. The number of nitrogens with one attached hydrogen (secondary N) is 2. The van der Waals surface area contributed by atoms with E-state index >= 15 is 0 Å². The molecule has 7 nitrogen and oxygen atoms in total. The van der Waals surface area contributed by atoms with Gasteiger partial charge in [-0.3, -0.25) is 19.1 Å². The average molecular weight is 410 g/mol. The number of hydrogen-bond acceptors (Lipinski definition) is 5. The number of benzene rings is 1. The van der Waals surface area contributed by atoms with Gasteiger partial charge >= 0.3 is 0 Å². The number of allylic oxidation sites excluding steroid dienone is 2. The molecule has 8 heteroatoms. The Balaban J connectivity index is 2.09. The monoisotopic (exact) mass is 410 g/mol. The normalized spacial score (nSPS) is 13.8. The lowest BCUT2D eigenvalue weighted by Crippen LogP contribution is -2.26. The van der Waals surface area contributed by atoms with E-state index in [1.54, 1.807) is 19.1 Å². The number of aromatic hydroxyl groups is 1. The van der Waals surface area contributed by atoms with E-state index in [-0.39, 0.29) is 28.7 Å². The molecule has 1 aromatic heterocycles. The van der Waals surface area contributed by atoms with Crippen molar-refractivity contribution in [1.29, 1.82) is 0 Å². The summed E-state index contributed by atoms with van der Waals surface area (Å²) < 4.78 is 1.51. The molecule has 1 aromatic carbocycles. The topological polar surface area (TPSA) is 99.5 Å². The second-order valence-corrected chi connectivity index (χ2v) is 6.87. The first-order valence-corrected chi connectivity index (χ1v) is 9.69. The van der Waals surface area contributed by atoms with Crippen LogP contribution < -0.4 is 21.5 Å². The predicted octanol–water partition coefficient (Wildman–Crippen LogP) is 1.54. The third kappa shape index (κ3) is 4.27. The van der Waals surface area contributed by atoms with Crippen LogP contribution in [0.3, 0.4) is 0 Å². The summed E-state index contributed by atoms with van der Waals surface area (Å²) in [6, 6.07) is 7.63. The fourth-order valence-electron chi connectivity index (χ4n) is 3.14. The quantitative estimate of drug-likeness (QED) is 0.476. The SMILES string of the molecule is C=CCn1c(O)c(C=C2N=c3ccccc3=C2CCNC(=O)CC)c(=O)[nH]c1=S. The molecule has 0 spiro atoms.